The van der Waals surface area contributed by atoms with E-state index in [1.807, 2.05) is 6.07 Å². The molecule has 0 radical (unpaired) electrons. The molecule has 1 aliphatic heterocycles. The number of rotatable bonds is 8. The van der Waals surface area contributed by atoms with Crippen LogP contribution in [0.25, 0.3) is 6.08 Å². The molecule has 1 aliphatic rings. The van der Waals surface area contributed by atoms with E-state index in [9.17, 15) is 4.79 Å². The summed E-state index contributed by atoms with van der Waals surface area (Å²) in [6.07, 6.45) is 3.16. The molecule has 7 heteroatoms. The molecule has 142 valence electrons. The molecule has 0 spiro atoms. The van der Waals surface area contributed by atoms with Crippen LogP contribution >= 0.6 is 0 Å². The van der Waals surface area contributed by atoms with E-state index in [2.05, 4.69) is 5.32 Å². The molecule has 0 aromatic heterocycles. The predicted octanol–water partition coefficient (Wildman–Crippen LogP) is 2.64. The van der Waals surface area contributed by atoms with Crippen molar-refractivity contribution in [2.75, 3.05) is 34.2 Å². The summed E-state index contributed by atoms with van der Waals surface area (Å²) in [5, 5.41) is 2.76. The lowest BCUT2D eigenvalue weighted by atomic mass is 10.2. The molecule has 27 heavy (non-hydrogen) atoms. The van der Waals surface area contributed by atoms with E-state index in [-0.39, 0.29) is 12.7 Å². The molecule has 0 saturated heterocycles. The Balaban J connectivity index is 1.43. The number of carbonyl (C=O) groups excluding carboxylic acids is 1. The van der Waals surface area contributed by atoms with Crippen molar-refractivity contribution in [3.8, 4) is 28.7 Å². The first-order valence-corrected chi connectivity index (χ1v) is 8.40. The highest BCUT2D eigenvalue weighted by molar-refractivity contribution is 5.91. The number of carbonyl (C=O) groups is 1. The van der Waals surface area contributed by atoms with Crippen LogP contribution in [0.2, 0.25) is 0 Å². The molecule has 3 rings (SSSR count). The molecule has 0 fully saturated rings. The normalized spacial score (nSPS) is 12.1. The van der Waals surface area contributed by atoms with Gasteiger partial charge in [-0.3, -0.25) is 4.79 Å². The van der Waals surface area contributed by atoms with Crippen LogP contribution in [0.1, 0.15) is 5.56 Å². The average Bonchev–Trinajstić information content (AvgIpc) is 3.17. The molecule has 1 amide bonds. The molecule has 0 bridgehead atoms. The molecule has 0 atom stereocenters. The van der Waals surface area contributed by atoms with Crippen molar-refractivity contribution < 1.29 is 28.5 Å². The third-order valence-corrected chi connectivity index (χ3v) is 3.85. The van der Waals surface area contributed by atoms with Gasteiger partial charge in [0.25, 0.3) is 0 Å². The van der Waals surface area contributed by atoms with Gasteiger partial charge in [-0.05, 0) is 35.9 Å². The van der Waals surface area contributed by atoms with Gasteiger partial charge in [0.1, 0.15) is 12.4 Å². The molecule has 2 aromatic rings. The highest BCUT2D eigenvalue weighted by Gasteiger charge is 2.13. The minimum absolute atomic E-state index is 0.209. The Hall–Kier alpha value is -3.35. The second kappa shape index (κ2) is 8.84. The van der Waals surface area contributed by atoms with Crippen LogP contribution in [0.4, 0.5) is 0 Å². The van der Waals surface area contributed by atoms with E-state index < -0.39 is 0 Å². The van der Waals surface area contributed by atoms with E-state index >= 15 is 0 Å². The number of fused-ring (bicyclic) bond motifs is 1. The first-order chi connectivity index (χ1) is 13.2. The van der Waals surface area contributed by atoms with Crippen LogP contribution in [0.5, 0.6) is 28.7 Å². The Morgan fingerprint density at radius 2 is 1.89 bits per heavy atom. The van der Waals surface area contributed by atoms with Crippen LogP contribution in [0.3, 0.4) is 0 Å². The van der Waals surface area contributed by atoms with Crippen molar-refractivity contribution in [2.24, 2.45) is 0 Å². The van der Waals surface area contributed by atoms with E-state index in [1.54, 1.807) is 50.6 Å². The Kier molecular flexibility index (Phi) is 6.04. The summed E-state index contributed by atoms with van der Waals surface area (Å²) in [5.41, 5.74) is 0.833. The number of ether oxygens (including phenoxy) is 5. The van der Waals surface area contributed by atoms with Crippen LogP contribution in [-0.4, -0.2) is 40.1 Å². The number of nitrogens with one attached hydrogen (secondary N) is 1. The van der Waals surface area contributed by atoms with Crippen LogP contribution < -0.4 is 29.0 Å². The number of hydrogen-bond acceptors (Lipinski definition) is 6. The summed E-state index contributed by atoms with van der Waals surface area (Å²) in [6.45, 7) is 0.945. The SMILES string of the molecule is COc1ccc(C=CC(=O)NCCOc2ccc3c(c2)OCO3)cc1OC. The molecule has 7 nitrogen and oxygen atoms in total. The summed E-state index contributed by atoms with van der Waals surface area (Å²) in [5.74, 6) is 3.07. The number of benzene rings is 2. The van der Waals surface area contributed by atoms with Gasteiger partial charge in [-0.2, -0.15) is 0 Å². The number of hydrogen-bond donors (Lipinski definition) is 1. The summed E-state index contributed by atoms with van der Waals surface area (Å²) in [4.78, 5) is 11.9. The lowest BCUT2D eigenvalue weighted by Crippen LogP contribution is -2.26. The largest absolute Gasteiger partial charge is 0.493 e. The molecule has 0 saturated carbocycles. The van der Waals surface area contributed by atoms with Crippen LogP contribution in [0.15, 0.2) is 42.5 Å². The Morgan fingerprint density at radius 1 is 1.07 bits per heavy atom. The molecule has 2 aromatic carbocycles. The minimum atomic E-state index is -0.209. The Labute approximate surface area is 157 Å². The van der Waals surface area contributed by atoms with Crippen molar-refractivity contribution in [3.63, 3.8) is 0 Å². The maximum Gasteiger partial charge on any atom is 0.244 e. The van der Waals surface area contributed by atoms with Gasteiger partial charge < -0.3 is 29.0 Å². The number of methoxy groups -OCH3 is 2. The fraction of sp³-hybridized carbons (Fsp3) is 0.250. The summed E-state index contributed by atoms with van der Waals surface area (Å²) in [7, 11) is 3.14. The maximum absolute atomic E-state index is 11.9. The zero-order valence-electron chi connectivity index (χ0n) is 15.2. The monoisotopic (exact) mass is 371 g/mol. The van der Waals surface area contributed by atoms with Gasteiger partial charge in [0, 0.05) is 12.1 Å². The predicted molar refractivity (Wildman–Crippen MR) is 99.6 cm³/mol. The van der Waals surface area contributed by atoms with Gasteiger partial charge in [-0.25, -0.2) is 0 Å². The average molecular weight is 371 g/mol. The molecule has 1 N–H and O–H groups in total. The van der Waals surface area contributed by atoms with Crippen LogP contribution in [0, 0.1) is 0 Å². The fourth-order valence-corrected chi connectivity index (χ4v) is 2.50. The van der Waals surface area contributed by atoms with E-state index in [4.69, 9.17) is 23.7 Å². The summed E-state index contributed by atoms with van der Waals surface area (Å²) in [6, 6.07) is 10.8. The van der Waals surface area contributed by atoms with Crippen molar-refractivity contribution in [3.05, 3.63) is 48.0 Å². The van der Waals surface area contributed by atoms with Gasteiger partial charge in [0.2, 0.25) is 12.7 Å². The van der Waals surface area contributed by atoms with E-state index in [0.717, 1.165) is 5.56 Å². The topological polar surface area (TPSA) is 75.3 Å². The highest BCUT2D eigenvalue weighted by atomic mass is 16.7. The smallest absolute Gasteiger partial charge is 0.244 e. The van der Waals surface area contributed by atoms with Gasteiger partial charge in [0.15, 0.2) is 23.0 Å². The maximum atomic E-state index is 11.9. The van der Waals surface area contributed by atoms with Crippen molar-refractivity contribution in [2.45, 2.75) is 0 Å². The molecular weight excluding hydrogens is 350 g/mol. The fourth-order valence-electron chi connectivity index (χ4n) is 2.50. The summed E-state index contributed by atoms with van der Waals surface area (Å²) < 4.78 is 26.6. The first-order valence-electron chi connectivity index (χ1n) is 8.40. The van der Waals surface area contributed by atoms with Crippen molar-refractivity contribution >= 4 is 12.0 Å². The van der Waals surface area contributed by atoms with Crippen LogP contribution in [-0.2, 0) is 4.79 Å². The third kappa shape index (κ3) is 4.84. The highest BCUT2D eigenvalue weighted by Crippen LogP contribution is 2.35. The molecule has 0 aliphatic carbocycles. The standard InChI is InChI=1S/C20H21NO6/c1-23-16-6-3-14(11-18(16)24-2)4-8-20(22)21-9-10-25-15-5-7-17-19(12-15)27-13-26-17/h3-8,11-12H,9-10,13H2,1-2H3,(H,21,22). The van der Waals surface area contributed by atoms with Crippen molar-refractivity contribution in [1.29, 1.82) is 0 Å². The minimum Gasteiger partial charge on any atom is -0.493 e. The lowest BCUT2D eigenvalue weighted by molar-refractivity contribution is -0.116. The first kappa shape index (κ1) is 18.4. The molecular formula is C20H21NO6. The molecule has 1 heterocycles. The Bertz CT molecular complexity index is 833. The third-order valence-electron chi connectivity index (χ3n) is 3.85. The second-order valence-corrected chi connectivity index (χ2v) is 5.60. The molecule has 0 unspecified atom stereocenters. The quantitative estimate of drug-likeness (QED) is 0.568. The zero-order valence-corrected chi connectivity index (χ0v) is 15.2. The zero-order chi connectivity index (χ0) is 19.1. The van der Waals surface area contributed by atoms with Gasteiger partial charge >= 0.3 is 0 Å². The lowest BCUT2D eigenvalue weighted by Gasteiger charge is -2.08. The van der Waals surface area contributed by atoms with Gasteiger partial charge in [-0.1, -0.05) is 6.07 Å². The summed E-state index contributed by atoms with van der Waals surface area (Å²) >= 11 is 0. The van der Waals surface area contributed by atoms with Crippen molar-refractivity contribution in [1.82, 2.24) is 5.32 Å². The number of amides is 1. The Morgan fingerprint density at radius 3 is 2.70 bits per heavy atom. The van der Waals surface area contributed by atoms with Gasteiger partial charge in [-0.15, -0.1) is 0 Å². The van der Waals surface area contributed by atoms with E-state index in [0.29, 0.717) is 41.9 Å². The van der Waals surface area contributed by atoms with Gasteiger partial charge in [0.05, 0.1) is 20.8 Å². The second-order valence-electron chi connectivity index (χ2n) is 5.60. The van der Waals surface area contributed by atoms with E-state index in [1.165, 1.54) is 6.08 Å².